The van der Waals surface area contributed by atoms with Gasteiger partial charge in [0, 0.05) is 56.0 Å². The van der Waals surface area contributed by atoms with Crippen molar-refractivity contribution < 1.29 is 4.79 Å². The molecule has 5 heteroatoms. The summed E-state index contributed by atoms with van der Waals surface area (Å²) in [4.78, 5) is 24.0. The second-order valence-electron chi connectivity index (χ2n) is 7.45. The summed E-state index contributed by atoms with van der Waals surface area (Å²) in [5.74, 6) is 1.57. The number of carbonyl (C=O) groups is 1. The first-order chi connectivity index (χ1) is 12.7. The second-order valence-corrected chi connectivity index (χ2v) is 7.45. The molecule has 1 N–H and O–H groups in total. The van der Waals surface area contributed by atoms with Crippen LogP contribution >= 0.6 is 0 Å². The van der Waals surface area contributed by atoms with Gasteiger partial charge in [0.25, 0.3) is 0 Å². The van der Waals surface area contributed by atoms with Crippen molar-refractivity contribution in [1.82, 2.24) is 20.2 Å². The average Bonchev–Trinajstić information content (AvgIpc) is 2.68. The molecule has 1 amide bonds. The zero-order valence-electron chi connectivity index (χ0n) is 15.4. The zero-order chi connectivity index (χ0) is 17.9. The van der Waals surface area contributed by atoms with Gasteiger partial charge in [0.15, 0.2) is 0 Å². The van der Waals surface area contributed by atoms with Crippen LogP contribution in [0.15, 0.2) is 30.5 Å². The Morgan fingerprint density at radius 2 is 2.15 bits per heavy atom. The van der Waals surface area contributed by atoms with E-state index in [0.717, 1.165) is 56.8 Å². The van der Waals surface area contributed by atoms with Crippen molar-refractivity contribution in [3.05, 3.63) is 58.7 Å². The first-order valence-corrected chi connectivity index (χ1v) is 9.58. The lowest BCUT2D eigenvalue weighted by Gasteiger charge is -2.32. The number of benzene rings is 1. The maximum atomic E-state index is 12.6. The Morgan fingerprint density at radius 1 is 1.31 bits per heavy atom. The molecule has 0 spiro atoms. The lowest BCUT2D eigenvalue weighted by molar-refractivity contribution is -0.131. The monoisotopic (exact) mass is 350 g/mol. The van der Waals surface area contributed by atoms with Crippen LogP contribution in [0.4, 0.5) is 0 Å². The molecule has 2 aliphatic rings. The Bertz CT molecular complexity index is 796. The zero-order valence-corrected chi connectivity index (χ0v) is 15.4. The van der Waals surface area contributed by atoms with Crippen LogP contribution in [-0.4, -0.2) is 40.4 Å². The molecule has 4 rings (SSSR count). The van der Waals surface area contributed by atoms with Crippen molar-refractivity contribution >= 4 is 5.91 Å². The predicted molar refractivity (Wildman–Crippen MR) is 101 cm³/mol. The van der Waals surface area contributed by atoms with Crippen LogP contribution < -0.4 is 5.32 Å². The van der Waals surface area contributed by atoms with Gasteiger partial charge in [-0.05, 0) is 25.3 Å². The van der Waals surface area contributed by atoms with Crippen LogP contribution in [0.2, 0.25) is 0 Å². The molecule has 0 aliphatic carbocycles. The summed E-state index contributed by atoms with van der Waals surface area (Å²) in [6.45, 7) is 5.54. The number of piperidine rings is 1. The highest BCUT2D eigenvalue weighted by Gasteiger charge is 2.26. The summed E-state index contributed by atoms with van der Waals surface area (Å²) < 4.78 is 0. The smallest absolute Gasteiger partial charge is 0.226 e. The number of likely N-dealkylation sites (tertiary alicyclic amines) is 1. The number of rotatable bonds is 3. The number of aryl methyl sites for hydroxylation is 1. The van der Waals surface area contributed by atoms with Crippen LogP contribution in [0.25, 0.3) is 0 Å². The fraction of sp³-hybridized carbons (Fsp3) is 0.476. The molecule has 26 heavy (non-hydrogen) atoms. The Kier molecular flexibility index (Phi) is 4.98. The third kappa shape index (κ3) is 3.78. The van der Waals surface area contributed by atoms with E-state index in [2.05, 4.69) is 29.4 Å². The highest BCUT2D eigenvalue weighted by molar-refractivity contribution is 5.78. The number of amides is 1. The van der Waals surface area contributed by atoms with E-state index < -0.39 is 0 Å². The summed E-state index contributed by atoms with van der Waals surface area (Å²) in [6.07, 6.45) is 5.37. The van der Waals surface area contributed by atoms with Crippen molar-refractivity contribution in [2.45, 2.75) is 45.1 Å². The van der Waals surface area contributed by atoms with Crippen LogP contribution in [-0.2, 0) is 24.2 Å². The third-order valence-corrected chi connectivity index (χ3v) is 5.48. The summed E-state index contributed by atoms with van der Waals surface area (Å²) in [7, 11) is 0. The highest BCUT2D eigenvalue weighted by atomic mass is 16.2. The van der Waals surface area contributed by atoms with Gasteiger partial charge in [0.2, 0.25) is 5.91 Å². The quantitative estimate of drug-likeness (QED) is 0.923. The van der Waals surface area contributed by atoms with Crippen molar-refractivity contribution in [3.63, 3.8) is 0 Å². The van der Waals surface area contributed by atoms with Gasteiger partial charge in [0.1, 0.15) is 5.82 Å². The average molecular weight is 350 g/mol. The first kappa shape index (κ1) is 17.2. The molecule has 0 unspecified atom stereocenters. The highest BCUT2D eigenvalue weighted by Crippen LogP contribution is 2.27. The lowest BCUT2D eigenvalue weighted by Crippen LogP contribution is -2.39. The van der Waals surface area contributed by atoms with Crippen molar-refractivity contribution in [2.75, 3.05) is 19.6 Å². The molecule has 1 aromatic heterocycles. The third-order valence-electron chi connectivity index (χ3n) is 5.48. The molecular weight excluding hydrogens is 324 g/mol. The summed E-state index contributed by atoms with van der Waals surface area (Å²) in [5, 5.41) is 3.36. The molecule has 5 nitrogen and oxygen atoms in total. The molecule has 136 valence electrons. The topological polar surface area (TPSA) is 58.1 Å². The van der Waals surface area contributed by atoms with E-state index in [-0.39, 0.29) is 5.91 Å². The SMILES string of the molecule is Cc1cccc(CC(=O)N2CCC(c3ncc4c(n3)CCNC4)CC2)c1. The molecule has 0 atom stereocenters. The van der Waals surface area contributed by atoms with Crippen molar-refractivity contribution in [1.29, 1.82) is 0 Å². The van der Waals surface area contributed by atoms with Gasteiger partial charge in [-0.1, -0.05) is 29.8 Å². The summed E-state index contributed by atoms with van der Waals surface area (Å²) in [5.41, 5.74) is 4.73. The molecular formula is C21H26N4O. The first-order valence-electron chi connectivity index (χ1n) is 9.58. The number of aromatic nitrogens is 2. The van der Waals surface area contributed by atoms with E-state index in [4.69, 9.17) is 4.98 Å². The molecule has 3 heterocycles. The van der Waals surface area contributed by atoms with E-state index in [9.17, 15) is 4.79 Å². The molecule has 1 aromatic carbocycles. The standard InChI is InChI=1S/C21H26N4O/c1-15-3-2-4-16(11-15)12-20(26)25-9-6-17(7-10-25)21-23-14-18-13-22-8-5-19(18)24-21/h2-4,11,14,17,22H,5-10,12-13H2,1H3. The maximum Gasteiger partial charge on any atom is 0.226 e. The number of hydrogen-bond donors (Lipinski definition) is 1. The van der Waals surface area contributed by atoms with Crippen LogP contribution in [0, 0.1) is 6.92 Å². The number of carbonyl (C=O) groups excluding carboxylic acids is 1. The molecule has 0 bridgehead atoms. The Morgan fingerprint density at radius 3 is 2.96 bits per heavy atom. The Labute approximate surface area is 154 Å². The van der Waals surface area contributed by atoms with E-state index in [0.29, 0.717) is 12.3 Å². The molecule has 2 aromatic rings. The molecule has 0 saturated carbocycles. The minimum Gasteiger partial charge on any atom is -0.342 e. The summed E-state index contributed by atoms with van der Waals surface area (Å²) in [6, 6.07) is 8.22. The molecule has 0 radical (unpaired) electrons. The van der Waals surface area contributed by atoms with Gasteiger partial charge >= 0.3 is 0 Å². The normalized spacial score (nSPS) is 17.8. The van der Waals surface area contributed by atoms with Crippen molar-refractivity contribution in [2.24, 2.45) is 0 Å². The van der Waals surface area contributed by atoms with Gasteiger partial charge < -0.3 is 10.2 Å². The lowest BCUT2D eigenvalue weighted by atomic mass is 9.95. The Balaban J connectivity index is 1.36. The van der Waals surface area contributed by atoms with E-state index in [1.54, 1.807) is 0 Å². The van der Waals surface area contributed by atoms with Gasteiger partial charge in [-0.25, -0.2) is 9.97 Å². The maximum absolute atomic E-state index is 12.6. The summed E-state index contributed by atoms with van der Waals surface area (Å²) >= 11 is 0. The largest absolute Gasteiger partial charge is 0.342 e. The van der Waals surface area contributed by atoms with E-state index in [1.807, 2.05) is 23.2 Å². The predicted octanol–water partition coefficient (Wildman–Crippen LogP) is 2.38. The van der Waals surface area contributed by atoms with Crippen LogP contribution in [0.3, 0.4) is 0 Å². The number of nitrogens with zero attached hydrogens (tertiary/aromatic N) is 3. The van der Waals surface area contributed by atoms with Gasteiger partial charge in [-0.15, -0.1) is 0 Å². The minimum absolute atomic E-state index is 0.228. The number of fused-ring (bicyclic) bond motifs is 1. The number of nitrogens with one attached hydrogen (secondary N) is 1. The van der Waals surface area contributed by atoms with E-state index >= 15 is 0 Å². The van der Waals surface area contributed by atoms with Crippen LogP contribution in [0.5, 0.6) is 0 Å². The Hall–Kier alpha value is -2.27. The van der Waals surface area contributed by atoms with E-state index in [1.165, 1.54) is 16.8 Å². The molecule has 1 fully saturated rings. The van der Waals surface area contributed by atoms with Gasteiger partial charge in [-0.2, -0.15) is 0 Å². The second kappa shape index (κ2) is 7.54. The van der Waals surface area contributed by atoms with Gasteiger partial charge in [0.05, 0.1) is 6.42 Å². The fourth-order valence-corrected chi connectivity index (χ4v) is 3.94. The fourth-order valence-electron chi connectivity index (χ4n) is 3.94. The molecule has 1 saturated heterocycles. The molecule has 2 aliphatic heterocycles. The van der Waals surface area contributed by atoms with Crippen LogP contribution in [0.1, 0.15) is 47.0 Å². The van der Waals surface area contributed by atoms with Crippen molar-refractivity contribution in [3.8, 4) is 0 Å². The minimum atomic E-state index is 0.228. The number of hydrogen-bond acceptors (Lipinski definition) is 4. The van der Waals surface area contributed by atoms with Gasteiger partial charge in [-0.3, -0.25) is 4.79 Å².